The summed E-state index contributed by atoms with van der Waals surface area (Å²) in [5.74, 6) is 2.51. The number of aromatic nitrogens is 2. The zero-order valence-corrected chi connectivity index (χ0v) is 12.4. The van der Waals surface area contributed by atoms with Gasteiger partial charge in [-0.3, -0.25) is 0 Å². The van der Waals surface area contributed by atoms with Crippen LogP contribution in [0.1, 0.15) is 11.4 Å². The molecule has 3 rings (SSSR count). The van der Waals surface area contributed by atoms with E-state index in [2.05, 4.69) is 20.2 Å². The van der Waals surface area contributed by atoms with E-state index >= 15 is 0 Å². The molecule has 0 amide bonds. The van der Waals surface area contributed by atoms with Crippen LogP contribution in [0.5, 0.6) is 0 Å². The van der Waals surface area contributed by atoms with Gasteiger partial charge in [-0.25, -0.2) is 9.97 Å². The second-order valence-electron chi connectivity index (χ2n) is 5.03. The number of anilines is 1. The van der Waals surface area contributed by atoms with Gasteiger partial charge in [-0.05, 0) is 31.7 Å². The monoisotopic (exact) mass is 290 g/mol. The van der Waals surface area contributed by atoms with E-state index in [1.54, 1.807) is 0 Å². The average Bonchev–Trinajstić information content (AvgIpc) is 2.74. The highest BCUT2D eigenvalue weighted by Crippen LogP contribution is 2.28. The van der Waals surface area contributed by atoms with Gasteiger partial charge in [-0.1, -0.05) is 0 Å². The Labute approximate surface area is 120 Å². The highest BCUT2D eigenvalue weighted by Gasteiger charge is 2.37. The molecule has 6 heteroatoms. The molecule has 2 unspecified atom stereocenters. The lowest BCUT2D eigenvalue weighted by Crippen LogP contribution is -2.27. The lowest BCUT2D eigenvalue weighted by atomic mass is 10.0. The molecule has 2 aliphatic rings. The summed E-state index contributed by atoms with van der Waals surface area (Å²) in [6, 6.07) is 2.03. The minimum atomic E-state index is 0. The van der Waals surface area contributed by atoms with E-state index < -0.39 is 0 Å². The predicted molar refractivity (Wildman–Crippen MR) is 78.1 cm³/mol. The van der Waals surface area contributed by atoms with E-state index in [4.69, 9.17) is 0 Å². The Balaban J connectivity index is 0.000000810. The Morgan fingerprint density at radius 1 is 1.06 bits per heavy atom. The van der Waals surface area contributed by atoms with Gasteiger partial charge >= 0.3 is 0 Å². The minimum Gasteiger partial charge on any atom is -0.340 e. The minimum absolute atomic E-state index is 0. The Morgan fingerprint density at radius 3 is 2.06 bits per heavy atom. The second-order valence-corrected chi connectivity index (χ2v) is 5.03. The van der Waals surface area contributed by atoms with Gasteiger partial charge in [-0.15, -0.1) is 24.8 Å². The van der Waals surface area contributed by atoms with Crippen molar-refractivity contribution < 1.29 is 0 Å². The number of hydrogen-bond acceptors (Lipinski definition) is 4. The van der Waals surface area contributed by atoms with E-state index in [-0.39, 0.29) is 24.8 Å². The molecule has 1 N–H and O–H groups in total. The summed E-state index contributed by atoms with van der Waals surface area (Å²) in [5, 5.41) is 3.45. The number of fused-ring (bicyclic) bond motifs is 1. The first-order valence-corrected chi connectivity index (χ1v) is 6.00. The molecule has 2 atom stereocenters. The van der Waals surface area contributed by atoms with E-state index in [0.29, 0.717) is 0 Å². The Morgan fingerprint density at radius 2 is 1.56 bits per heavy atom. The van der Waals surface area contributed by atoms with Crippen LogP contribution >= 0.6 is 24.8 Å². The van der Waals surface area contributed by atoms with Gasteiger partial charge in [0.05, 0.1) is 0 Å². The summed E-state index contributed by atoms with van der Waals surface area (Å²) in [4.78, 5) is 11.4. The first-order chi connectivity index (χ1) is 7.72. The summed E-state index contributed by atoms with van der Waals surface area (Å²) < 4.78 is 0. The molecule has 0 radical (unpaired) electrons. The van der Waals surface area contributed by atoms with Crippen LogP contribution in [-0.4, -0.2) is 36.1 Å². The van der Waals surface area contributed by atoms with Gasteiger partial charge < -0.3 is 10.2 Å². The van der Waals surface area contributed by atoms with Gasteiger partial charge in [-0.2, -0.15) is 0 Å². The molecule has 2 aliphatic heterocycles. The topological polar surface area (TPSA) is 41.1 Å². The molecule has 1 aromatic rings. The maximum atomic E-state index is 4.54. The third-order valence-corrected chi connectivity index (χ3v) is 3.64. The molecule has 1 aromatic heterocycles. The van der Waals surface area contributed by atoms with E-state index in [1.165, 1.54) is 0 Å². The molecule has 2 saturated heterocycles. The molecule has 0 aliphatic carbocycles. The number of halogens is 2. The van der Waals surface area contributed by atoms with Crippen molar-refractivity contribution in [3.8, 4) is 0 Å². The van der Waals surface area contributed by atoms with Crippen molar-refractivity contribution in [2.75, 3.05) is 31.1 Å². The molecule has 0 saturated carbocycles. The van der Waals surface area contributed by atoms with Crippen LogP contribution < -0.4 is 10.2 Å². The van der Waals surface area contributed by atoms with Crippen molar-refractivity contribution in [2.24, 2.45) is 11.8 Å². The highest BCUT2D eigenvalue weighted by atomic mass is 35.5. The maximum absolute atomic E-state index is 4.54. The molecule has 0 spiro atoms. The zero-order valence-electron chi connectivity index (χ0n) is 10.7. The van der Waals surface area contributed by atoms with Crippen molar-refractivity contribution >= 4 is 30.8 Å². The molecule has 4 nitrogen and oxygen atoms in total. The highest BCUT2D eigenvalue weighted by molar-refractivity contribution is 5.85. The van der Waals surface area contributed by atoms with Gasteiger partial charge in [0.15, 0.2) is 0 Å². The van der Waals surface area contributed by atoms with Crippen molar-refractivity contribution in [3.63, 3.8) is 0 Å². The smallest absolute Gasteiger partial charge is 0.225 e. The molecule has 102 valence electrons. The van der Waals surface area contributed by atoms with Crippen LogP contribution in [-0.2, 0) is 0 Å². The van der Waals surface area contributed by atoms with Gasteiger partial charge in [0.1, 0.15) is 0 Å². The lowest BCUT2D eigenvalue weighted by Gasteiger charge is -2.18. The summed E-state index contributed by atoms with van der Waals surface area (Å²) >= 11 is 0. The quantitative estimate of drug-likeness (QED) is 0.853. The number of hydrogen-bond donors (Lipinski definition) is 1. The maximum Gasteiger partial charge on any atom is 0.225 e. The second kappa shape index (κ2) is 6.04. The summed E-state index contributed by atoms with van der Waals surface area (Å²) in [7, 11) is 0. The molecular weight excluding hydrogens is 271 g/mol. The third kappa shape index (κ3) is 2.87. The largest absolute Gasteiger partial charge is 0.340 e. The van der Waals surface area contributed by atoms with E-state index in [1.807, 2.05) is 19.9 Å². The Kier molecular flexibility index (Phi) is 5.20. The standard InChI is InChI=1S/C12H18N4.2ClH/c1-8-3-9(2)15-12(14-8)16-6-10-4-13-5-11(10)7-16;;/h3,10-11,13H,4-7H2,1-2H3;2*1H. The summed E-state index contributed by atoms with van der Waals surface area (Å²) in [6.45, 7) is 8.62. The van der Waals surface area contributed by atoms with Crippen molar-refractivity contribution in [3.05, 3.63) is 17.5 Å². The first kappa shape index (κ1) is 15.5. The number of nitrogens with zero attached hydrogens (tertiary/aromatic N) is 3. The molecule has 0 bridgehead atoms. The summed E-state index contributed by atoms with van der Waals surface area (Å²) in [5.41, 5.74) is 2.13. The fourth-order valence-corrected chi connectivity index (χ4v) is 2.87. The molecular formula is C12H20Cl2N4. The van der Waals surface area contributed by atoms with Crippen LogP contribution in [0.2, 0.25) is 0 Å². The lowest BCUT2D eigenvalue weighted by molar-refractivity contribution is 0.533. The van der Waals surface area contributed by atoms with Crippen molar-refractivity contribution in [2.45, 2.75) is 13.8 Å². The number of nitrogens with one attached hydrogen (secondary N) is 1. The van der Waals surface area contributed by atoms with Crippen LogP contribution in [0.3, 0.4) is 0 Å². The van der Waals surface area contributed by atoms with E-state index in [0.717, 1.165) is 55.4 Å². The molecule has 3 heterocycles. The fraction of sp³-hybridized carbons (Fsp3) is 0.667. The van der Waals surface area contributed by atoms with Crippen LogP contribution in [0, 0.1) is 25.7 Å². The van der Waals surface area contributed by atoms with Crippen molar-refractivity contribution in [1.82, 2.24) is 15.3 Å². The number of aryl methyl sites for hydroxylation is 2. The van der Waals surface area contributed by atoms with Crippen LogP contribution in [0.4, 0.5) is 5.95 Å². The van der Waals surface area contributed by atoms with E-state index in [9.17, 15) is 0 Å². The average molecular weight is 291 g/mol. The van der Waals surface area contributed by atoms with Crippen molar-refractivity contribution in [1.29, 1.82) is 0 Å². The third-order valence-electron chi connectivity index (χ3n) is 3.64. The molecule has 18 heavy (non-hydrogen) atoms. The predicted octanol–water partition coefficient (Wildman–Crippen LogP) is 1.59. The summed E-state index contributed by atoms with van der Waals surface area (Å²) in [6.07, 6.45) is 0. The zero-order chi connectivity index (χ0) is 11.1. The molecule has 2 fully saturated rings. The van der Waals surface area contributed by atoms with Gasteiger partial charge in [0, 0.05) is 37.6 Å². The fourth-order valence-electron chi connectivity index (χ4n) is 2.87. The SMILES string of the molecule is Cc1cc(C)nc(N2CC3CNCC3C2)n1.Cl.Cl. The number of rotatable bonds is 1. The Hall–Kier alpha value is -0.580. The van der Waals surface area contributed by atoms with Crippen LogP contribution in [0.25, 0.3) is 0 Å². The van der Waals surface area contributed by atoms with Gasteiger partial charge in [0.25, 0.3) is 0 Å². The van der Waals surface area contributed by atoms with Gasteiger partial charge in [0.2, 0.25) is 5.95 Å². The Bertz CT molecular complexity index is 381. The van der Waals surface area contributed by atoms with Crippen LogP contribution in [0.15, 0.2) is 6.07 Å². The first-order valence-electron chi connectivity index (χ1n) is 6.00. The normalized spacial score (nSPS) is 25.3. The molecule has 0 aromatic carbocycles.